The average molecular weight is 269 g/mol. The topological polar surface area (TPSA) is 80.3 Å². The van der Waals surface area contributed by atoms with Crippen LogP contribution < -0.4 is 10.2 Å². The Kier molecular flexibility index (Phi) is 21.6. The van der Waals surface area contributed by atoms with Gasteiger partial charge in [0, 0.05) is 11.9 Å². The predicted octanol–water partition coefficient (Wildman–Crippen LogP) is -2.00. The van der Waals surface area contributed by atoms with Crippen LogP contribution in [0.1, 0.15) is 12.8 Å². The first-order chi connectivity index (χ1) is 5.54. The van der Waals surface area contributed by atoms with Crippen LogP contribution in [-0.2, 0) is 26.1 Å². The maximum absolute atomic E-state index is 9.47. The van der Waals surface area contributed by atoms with Gasteiger partial charge in [-0.1, -0.05) is 0 Å². The average Bonchev–Trinajstić information content (AvgIpc) is 1.87. The molecule has 2 atom stereocenters. The second-order valence-electron chi connectivity index (χ2n) is 1.82. The SMILES string of the molecule is O=C([O-])CCP.O=C([O-])CCP.[Ni+2]. The normalized spacial score (nSPS) is 7.54. The minimum Gasteiger partial charge on any atom is -0.550 e. The first kappa shape index (κ1) is 19.0. The van der Waals surface area contributed by atoms with Gasteiger partial charge < -0.3 is 19.8 Å². The third-order valence-electron chi connectivity index (χ3n) is 0.697. The summed E-state index contributed by atoms with van der Waals surface area (Å²) >= 11 is 0. The second kappa shape index (κ2) is 14.8. The fourth-order valence-corrected chi connectivity index (χ4v) is 0.707. The molecule has 80 valence electrons. The van der Waals surface area contributed by atoms with Gasteiger partial charge in [-0.15, -0.1) is 18.5 Å². The van der Waals surface area contributed by atoms with Crippen LogP contribution in [-0.4, -0.2) is 24.3 Å². The Labute approximate surface area is 92.2 Å². The Morgan fingerprint density at radius 3 is 1.15 bits per heavy atom. The molecule has 0 amide bonds. The number of hydrogen-bond donors (Lipinski definition) is 0. The van der Waals surface area contributed by atoms with Crippen molar-refractivity contribution in [3.05, 3.63) is 0 Å². The van der Waals surface area contributed by atoms with Crippen molar-refractivity contribution < 1.29 is 36.3 Å². The molecule has 0 fully saturated rings. The summed E-state index contributed by atoms with van der Waals surface area (Å²) in [5.74, 6) is -1.96. The van der Waals surface area contributed by atoms with Crippen molar-refractivity contribution in [2.45, 2.75) is 12.8 Å². The van der Waals surface area contributed by atoms with Gasteiger partial charge in [0.05, 0.1) is 0 Å². The molecule has 0 aromatic rings. The molecule has 0 aliphatic carbocycles. The number of carboxylic acids is 2. The van der Waals surface area contributed by atoms with Crippen LogP contribution in [0.2, 0.25) is 0 Å². The van der Waals surface area contributed by atoms with E-state index in [2.05, 4.69) is 18.5 Å². The summed E-state index contributed by atoms with van der Waals surface area (Å²) in [6, 6.07) is 0. The zero-order valence-corrected chi connectivity index (χ0v) is 10.2. The van der Waals surface area contributed by atoms with Gasteiger partial charge in [-0.3, -0.25) is 0 Å². The van der Waals surface area contributed by atoms with E-state index >= 15 is 0 Å². The van der Waals surface area contributed by atoms with Gasteiger partial charge in [0.15, 0.2) is 0 Å². The van der Waals surface area contributed by atoms with Gasteiger partial charge in [-0.05, 0) is 25.2 Å². The van der Waals surface area contributed by atoms with Crippen LogP contribution in [0.4, 0.5) is 0 Å². The summed E-state index contributed by atoms with van der Waals surface area (Å²) in [5.41, 5.74) is 0. The van der Waals surface area contributed by atoms with Crippen LogP contribution in [0, 0.1) is 0 Å². The molecule has 4 nitrogen and oxygen atoms in total. The van der Waals surface area contributed by atoms with Crippen LogP contribution in [0.15, 0.2) is 0 Å². The van der Waals surface area contributed by atoms with E-state index in [-0.39, 0.29) is 29.3 Å². The molecular formula is C6H12NiO4P2. The minimum atomic E-state index is -0.981. The molecule has 7 heteroatoms. The van der Waals surface area contributed by atoms with Gasteiger partial charge in [-0.25, -0.2) is 0 Å². The fourth-order valence-electron chi connectivity index (χ4n) is 0.236. The van der Waals surface area contributed by atoms with Gasteiger partial charge >= 0.3 is 16.5 Å². The maximum Gasteiger partial charge on any atom is 2.00 e. The van der Waals surface area contributed by atoms with Crippen LogP contribution in [0.25, 0.3) is 0 Å². The monoisotopic (exact) mass is 268 g/mol. The minimum absolute atomic E-state index is 0. The molecule has 0 N–H and O–H groups in total. The van der Waals surface area contributed by atoms with E-state index in [9.17, 15) is 19.8 Å². The molecule has 0 bridgehead atoms. The second-order valence-corrected chi connectivity index (χ2v) is 2.98. The van der Waals surface area contributed by atoms with E-state index < -0.39 is 11.9 Å². The molecule has 0 saturated heterocycles. The number of carboxylic acid groups (broad SMARTS) is 2. The number of carbonyl (C=O) groups is 2. The van der Waals surface area contributed by atoms with Crippen molar-refractivity contribution in [3.63, 3.8) is 0 Å². The zero-order chi connectivity index (χ0) is 9.98. The van der Waals surface area contributed by atoms with Crippen LogP contribution >= 0.6 is 18.5 Å². The Bertz CT molecular complexity index is 127. The van der Waals surface area contributed by atoms with Crippen molar-refractivity contribution in [2.75, 3.05) is 12.3 Å². The van der Waals surface area contributed by atoms with E-state index in [0.717, 1.165) is 0 Å². The Balaban J connectivity index is -0.000000143. The van der Waals surface area contributed by atoms with Crippen molar-refractivity contribution in [1.29, 1.82) is 0 Å². The van der Waals surface area contributed by atoms with Crippen LogP contribution in [0.5, 0.6) is 0 Å². The standard InChI is InChI=1S/2C3H7O2P.Ni/c2*4-3(5)1-2-6;/h2*1-2,6H2,(H,4,5);/q;;+2/p-2. The molecule has 0 rings (SSSR count). The third-order valence-corrected chi connectivity index (χ3v) is 1.27. The first-order valence-corrected chi connectivity index (χ1v) is 4.97. The summed E-state index contributed by atoms with van der Waals surface area (Å²) in [6.07, 6.45) is 1.46. The molecule has 0 aromatic heterocycles. The fraction of sp³-hybridized carbons (Fsp3) is 0.667. The molecule has 0 aromatic carbocycles. The van der Waals surface area contributed by atoms with E-state index in [1.54, 1.807) is 0 Å². The van der Waals surface area contributed by atoms with E-state index in [0.29, 0.717) is 12.3 Å². The van der Waals surface area contributed by atoms with Crippen molar-refractivity contribution in [1.82, 2.24) is 0 Å². The molecule has 0 saturated carbocycles. The summed E-state index contributed by atoms with van der Waals surface area (Å²) in [7, 11) is 4.61. The van der Waals surface area contributed by atoms with Gasteiger partial charge in [-0.2, -0.15) is 0 Å². The summed E-state index contributed by atoms with van der Waals surface area (Å²) in [4.78, 5) is 18.9. The molecule has 0 radical (unpaired) electrons. The largest absolute Gasteiger partial charge is 2.00 e. The zero-order valence-electron chi connectivity index (χ0n) is 6.93. The molecular weight excluding hydrogens is 257 g/mol. The smallest absolute Gasteiger partial charge is 0.550 e. The number of hydrogen-bond acceptors (Lipinski definition) is 4. The van der Waals surface area contributed by atoms with Gasteiger partial charge in [0.1, 0.15) is 0 Å². The quantitative estimate of drug-likeness (QED) is 0.436. The summed E-state index contributed by atoms with van der Waals surface area (Å²) < 4.78 is 0. The first-order valence-electron chi connectivity index (χ1n) is 3.34. The Morgan fingerprint density at radius 1 is 0.923 bits per heavy atom. The third kappa shape index (κ3) is 32.9. The molecule has 13 heavy (non-hydrogen) atoms. The summed E-state index contributed by atoms with van der Waals surface area (Å²) in [6.45, 7) is 0. The van der Waals surface area contributed by atoms with Gasteiger partial charge in [0.25, 0.3) is 0 Å². The molecule has 0 heterocycles. The van der Waals surface area contributed by atoms with E-state index in [1.807, 2.05) is 0 Å². The van der Waals surface area contributed by atoms with E-state index in [4.69, 9.17) is 0 Å². The van der Waals surface area contributed by atoms with Crippen molar-refractivity contribution >= 4 is 30.4 Å². The Hall–Kier alpha value is 0.294. The maximum atomic E-state index is 9.47. The van der Waals surface area contributed by atoms with Crippen molar-refractivity contribution in [3.8, 4) is 0 Å². The molecule has 2 unspecified atom stereocenters. The number of aliphatic carboxylic acids is 2. The molecule has 0 aliphatic heterocycles. The van der Waals surface area contributed by atoms with Crippen LogP contribution in [0.3, 0.4) is 0 Å². The molecule has 0 aliphatic rings. The van der Waals surface area contributed by atoms with Gasteiger partial charge in [0.2, 0.25) is 0 Å². The molecule has 0 spiro atoms. The number of carbonyl (C=O) groups excluding carboxylic acids is 2. The Morgan fingerprint density at radius 2 is 1.15 bits per heavy atom. The predicted molar refractivity (Wildman–Crippen MR) is 48.4 cm³/mol. The van der Waals surface area contributed by atoms with Crippen molar-refractivity contribution in [2.24, 2.45) is 0 Å². The van der Waals surface area contributed by atoms with E-state index in [1.165, 1.54) is 0 Å². The number of rotatable bonds is 4. The summed E-state index contributed by atoms with van der Waals surface area (Å²) in [5, 5.41) is 18.9.